The van der Waals surface area contributed by atoms with E-state index in [0.717, 1.165) is 19.3 Å². The first-order valence-electron chi connectivity index (χ1n) is 5.68. The van der Waals surface area contributed by atoms with Crippen molar-refractivity contribution in [2.45, 2.75) is 37.6 Å². The smallest absolute Gasteiger partial charge is 0.162 e. The molecule has 0 aromatic heterocycles. The lowest BCUT2D eigenvalue weighted by molar-refractivity contribution is 0.419. The van der Waals surface area contributed by atoms with Crippen molar-refractivity contribution in [1.29, 1.82) is 0 Å². The fraction of sp³-hybridized carbons (Fsp3) is 0.538. The standard InChI is InChI=1S/C13H17F2N/c1-13(7-6-9(8-13)16-2)10-4-3-5-11(14)12(10)15/h3-5,9,16H,6-8H2,1-2H3. The molecule has 0 radical (unpaired) electrons. The molecule has 0 amide bonds. The average Bonchev–Trinajstić information content (AvgIpc) is 2.65. The minimum absolute atomic E-state index is 0.236. The molecule has 1 fully saturated rings. The van der Waals surface area contributed by atoms with Gasteiger partial charge in [0.05, 0.1) is 0 Å². The van der Waals surface area contributed by atoms with Gasteiger partial charge in [0, 0.05) is 6.04 Å². The Balaban J connectivity index is 2.34. The Morgan fingerprint density at radius 1 is 1.38 bits per heavy atom. The number of hydrogen-bond acceptors (Lipinski definition) is 1. The Kier molecular flexibility index (Phi) is 2.98. The van der Waals surface area contributed by atoms with Crippen LogP contribution in [-0.4, -0.2) is 13.1 Å². The second-order valence-electron chi connectivity index (χ2n) is 4.89. The van der Waals surface area contributed by atoms with Crippen molar-refractivity contribution in [1.82, 2.24) is 5.32 Å². The predicted octanol–water partition coefficient (Wildman–Crippen LogP) is 2.99. The number of benzene rings is 1. The van der Waals surface area contributed by atoms with Gasteiger partial charge in [0.25, 0.3) is 0 Å². The molecule has 1 aromatic carbocycles. The summed E-state index contributed by atoms with van der Waals surface area (Å²) in [5, 5.41) is 3.21. The second kappa shape index (κ2) is 4.13. The molecule has 1 aliphatic rings. The molecule has 2 unspecified atom stereocenters. The molecule has 1 N–H and O–H groups in total. The zero-order valence-electron chi connectivity index (χ0n) is 9.69. The summed E-state index contributed by atoms with van der Waals surface area (Å²) in [5.41, 5.74) is 0.283. The molecule has 0 spiro atoms. The highest BCUT2D eigenvalue weighted by Crippen LogP contribution is 2.41. The van der Waals surface area contributed by atoms with E-state index in [9.17, 15) is 8.78 Å². The van der Waals surface area contributed by atoms with Crippen LogP contribution < -0.4 is 5.32 Å². The molecule has 1 aliphatic carbocycles. The van der Waals surface area contributed by atoms with Crippen molar-refractivity contribution in [3.8, 4) is 0 Å². The lowest BCUT2D eigenvalue weighted by atomic mass is 9.80. The van der Waals surface area contributed by atoms with Gasteiger partial charge in [-0.2, -0.15) is 0 Å². The topological polar surface area (TPSA) is 12.0 Å². The largest absolute Gasteiger partial charge is 0.317 e. The first-order chi connectivity index (χ1) is 7.57. The molecule has 88 valence electrons. The maximum Gasteiger partial charge on any atom is 0.162 e. The zero-order valence-corrected chi connectivity index (χ0v) is 9.69. The Hall–Kier alpha value is -0.960. The normalized spacial score (nSPS) is 29.6. The van der Waals surface area contributed by atoms with Crippen LogP contribution in [0.2, 0.25) is 0 Å². The van der Waals surface area contributed by atoms with Crippen molar-refractivity contribution in [3.63, 3.8) is 0 Å². The molecule has 0 heterocycles. The van der Waals surface area contributed by atoms with Gasteiger partial charge in [-0.25, -0.2) is 8.78 Å². The Morgan fingerprint density at radius 3 is 2.75 bits per heavy atom. The van der Waals surface area contributed by atoms with Crippen LogP contribution in [0.4, 0.5) is 8.78 Å². The third-order valence-corrected chi connectivity index (χ3v) is 3.75. The Morgan fingerprint density at radius 2 is 2.12 bits per heavy atom. The molecule has 2 rings (SSSR count). The summed E-state index contributed by atoms with van der Waals surface area (Å²) in [4.78, 5) is 0. The second-order valence-corrected chi connectivity index (χ2v) is 4.89. The van der Waals surface area contributed by atoms with Crippen LogP contribution in [0.5, 0.6) is 0 Å². The molecular weight excluding hydrogens is 208 g/mol. The summed E-state index contributed by atoms with van der Waals surface area (Å²) >= 11 is 0. The fourth-order valence-corrected chi connectivity index (χ4v) is 2.70. The molecule has 3 heteroatoms. The third kappa shape index (κ3) is 1.84. The van der Waals surface area contributed by atoms with Gasteiger partial charge in [0.2, 0.25) is 0 Å². The van der Waals surface area contributed by atoms with E-state index in [0.29, 0.717) is 11.6 Å². The van der Waals surface area contributed by atoms with Gasteiger partial charge < -0.3 is 5.32 Å². The first kappa shape index (κ1) is 11.5. The molecule has 0 saturated heterocycles. The van der Waals surface area contributed by atoms with E-state index in [1.807, 2.05) is 14.0 Å². The van der Waals surface area contributed by atoms with Crippen LogP contribution in [0, 0.1) is 11.6 Å². The van der Waals surface area contributed by atoms with Gasteiger partial charge in [-0.3, -0.25) is 0 Å². The minimum Gasteiger partial charge on any atom is -0.317 e. The Labute approximate surface area is 94.9 Å². The van der Waals surface area contributed by atoms with E-state index < -0.39 is 11.6 Å². The highest BCUT2D eigenvalue weighted by atomic mass is 19.2. The van der Waals surface area contributed by atoms with Gasteiger partial charge in [0.1, 0.15) is 0 Å². The molecule has 1 nitrogen and oxygen atoms in total. The molecule has 0 aliphatic heterocycles. The molecule has 16 heavy (non-hydrogen) atoms. The maximum absolute atomic E-state index is 13.7. The van der Waals surface area contributed by atoms with Crippen molar-refractivity contribution < 1.29 is 8.78 Å². The lowest BCUT2D eigenvalue weighted by Gasteiger charge is -2.25. The van der Waals surface area contributed by atoms with Crippen LogP contribution in [0.15, 0.2) is 18.2 Å². The van der Waals surface area contributed by atoms with Crippen LogP contribution in [-0.2, 0) is 5.41 Å². The van der Waals surface area contributed by atoms with Crippen molar-refractivity contribution in [2.75, 3.05) is 7.05 Å². The summed E-state index contributed by atoms with van der Waals surface area (Å²) in [7, 11) is 1.92. The van der Waals surface area contributed by atoms with E-state index in [4.69, 9.17) is 0 Å². The molecular formula is C13H17F2N. The van der Waals surface area contributed by atoms with Gasteiger partial charge in [-0.05, 0) is 43.4 Å². The van der Waals surface area contributed by atoms with Crippen molar-refractivity contribution in [3.05, 3.63) is 35.4 Å². The van der Waals surface area contributed by atoms with E-state index in [2.05, 4.69) is 5.32 Å². The summed E-state index contributed by atoms with van der Waals surface area (Å²) < 4.78 is 26.9. The maximum atomic E-state index is 13.7. The highest BCUT2D eigenvalue weighted by molar-refractivity contribution is 5.29. The van der Waals surface area contributed by atoms with Crippen molar-refractivity contribution >= 4 is 0 Å². The average molecular weight is 225 g/mol. The van der Waals surface area contributed by atoms with Crippen LogP contribution in [0.1, 0.15) is 31.7 Å². The third-order valence-electron chi connectivity index (χ3n) is 3.75. The molecule has 0 bridgehead atoms. The monoisotopic (exact) mass is 225 g/mol. The number of hydrogen-bond donors (Lipinski definition) is 1. The first-order valence-corrected chi connectivity index (χ1v) is 5.68. The minimum atomic E-state index is -0.744. The highest BCUT2D eigenvalue weighted by Gasteiger charge is 2.38. The van der Waals surface area contributed by atoms with Gasteiger partial charge in [0.15, 0.2) is 11.6 Å². The number of halogens is 2. The van der Waals surface area contributed by atoms with Crippen LogP contribution in [0.3, 0.4) is 0 Å². The number of rotatable bonds is 2. The summed E-state index contributed by atoms with van der Waals surface area (Å²) in [6, 6.07) is 4.88. The van der Waals surface area contributed by atoms with E-state index in [-0.39, 0.29) is 5.41 Å². The molecule has 2 atom stereocenters. The molecule has 1 aromatic rings. The van der Waals surface area contributed by atoms with Crippen molar-refractivity contribution in [2.24, 2.45) is 0 Å². The van der Waals surface area contributed by atoms with Crippen LogP contribution in [0.25, 0.3) is 0 Å². The molecule has 1 saturated carbocycles. The van der Waals surface area contributed by atoms with Gasteiger partial charge >= 0.3 is 0 Å². The summed E-state index contributed by atoms with van der Waals surface area (Å²) in [6.07, 6.45) is 2.78. The fourth-order valence-electron chi connectivity index (χ4n) is 2.70. The number of nitrogens with one attached hydrogen (secondary N) is 1. The lowest BCUT2D eigenvalue weighted by Crippen LogP contribution is -2.26. The van der Waals surface area contributed by atoms with E-state index >= 15 is 0 Å². The quantitative estimate of drug-likeness (QED) is 0.816. The van der Waals surface area contributed by atoms with E-state index in [1.54, 1.807) is 12.1 Å². The van der Waals surface area contributed by atoms with Crippen LogP contribution >= 0.6 is 0 Å². The zero-order chi connectivity index (χ0) is 11.8. The van der Waals surface area contributed by atoms with Gasteiger partial charge in [-0.1, -0.05) is 19.1 Å². The SMILES string of the molecule is CNC1CCC(C)(c2cccc(F)c2F)C1. The summed E-state index contributed by atoms with van der Waals surface area (Å²) in [6.45, 7) is 2.02. The summed E-state index contributed by atoms with van der Waals surface area (Å²) in [5.74, 6) is -1.42. The van der Waals surface area contributed by atoms with Gasteiger partial charge in [-0.15, -0.1) is 0 Å². The van der Waals surface area contributed by atoms with E-state index in [1.165, 1.54) is 6.07 Å². The predicted molar refractivity (Wildman–Crippen MR) is 60.4 cm³/mol. The Bertz CT molecular complexity index is 392.